The van der Waals surface area contributed by atoms with E-state index in [0.717, 1.165) is 35.4 Å². The molecule has 1 aromatic heterocycles. The number of benzene rings is 2. The van der Waals surface area contributed by atoms with Crippen LogP contribution in [0, 0.1) is 0 Å². The van der Waals surface area contributed by atoms with Gasteiger partial charge in [-0.1, -0.05) is 86.3 Å². The van der Waals surface area contributed by atoms with Crippen LogP contribution < -0.4 is 5.32 Å². The molecule has 0 radical (unpaired) electrons. The molecule has 0 saturated carbocycles. The van der Waals surface area contributed by atoms with Crippen molar-refractivity contribution in [2.24, 2.45) is 0 Å². The average Bonchev–Trinajstić information content (AvgIpc) is 2.77. The van der Waals surface area contributed by atoms with Crippen LogP contribution in [0.25, 0.3) is 22.5 Å². The number of aromatic nitrogens is 3. The molecule has 6 heteroatoms. The van der Waals surface area contributed by atoms with Crippen LogP contribution in [-0.4, -0.2) is 32.9 Å². The van der Waals surface area contributed by atoms with Gasteiger partial charge in [0.15, 0.2) is 0 Å². The number of thioether (sulfide) groups is 1. The molecule has 0 fully saturated rings. The Labute approximate surface area is 170 Å². The maximum Gasteiger partial charge on any atom is 0.230 e. The Morgan fingerprint density at radius 2 is 1.46 bits per heavy atom. The van der Waals surface area contributed by atoms with Crippen LogP contribution >= 0.6 is 11.8 Å². The van der Waals surface area contributed by atoms with Crippen molar-refractivity contribution >= 4 is 17.7 Å². The lowest BCUT2D eigenvalue weighted by Crippen LogP contribution is -2.35. The van der Waals surface area contributed by atoms with E-state index < -0.39 is 0 Å². The SMILES string of the molecule is CCC(CC)NC(=O)CSc1nnc(-c2ccccc2)c(-c2ccccc2)n1. The Morgan fingerprint density at radius 3 is 2.04 bits per heavy atom. The molecule has 5 nitrogen and oxygen atoms in total. The van der Waals surface area contributed by atoms with Crippen molar-refractivity contribution in [3.63, 3.8) is 0 Å². The second kappa shape index (κ2) is 9.99. The summed E-state index contributed by atoms with van der Waals surface area (Å²) >= 11 is 1.31. The van der Waals surface area contributed by atoms with E-state index in [-0.39, 0.29) is 17.7 Å². The van der Waals surface area contributed by atoms with Gasteiger partial charge in [0.2, 0.25) is 11.1 Å². The summed E-state index contributed by atoms with van der Waals surface area (Å²) in [5.41, 5.74) is 3.44. The van der Waals surface area contributed by atoms with Gasteiger partial charge in [0.05, 0.1) is 5.75 Å². The van der Waals surface area contributed by atoms with Gasteiger partial charge in [0.25, 0.3) is 0 Å². The fourth-order valence-electron chi connectivity index (χ4n) is 2.85. The number of nitrogens with zero attached hydrogens (tertiary/aromatic N) is 3. The predicted molar refractivity (Wildman–Crippen MR) is 114 cm³/mol. The molecule has 0 spiro atoms. The van der Waals surface area contributed by atoms with Crippen molar-refractivity contribution in [3.05, 3.63) is 60.7 Å². The molecule has 1 N–H and O–H groups in total. The van der Waals surface area contributed by atoms with E-state index >= 15 is 0 Å². The van der Waals surface area contributed by atoms with E-state index in [1.165, 1.54) is 11.8 Å². The molecular weight excluding hydrogens is 368 g/mol. The van der Waals surface area contributed by atoms with Crippen LogP contribution in [0.15, 0.2) is 65.8 Å². The third kappa shape index (κ3) is 5.16. The Balaban J connectivity index is 1.83. The Hall–Kier alpha value is -2.73. The Morgan fingerprint density at radius 1 is 0.893 bits per heavy atom. The standard InChI is InChI=1S/C22H24N4OS/c1-3-18(4-2)23-19(27)15-28-22-24-20(16-11-7-5-8-12-16)21(25-26-22)17-13-9-6-10-14-17/h5-14,18H,3-4,15H2,1-2H3,(H,23,27). The minimum Gasteiger partial charge on any atom is -0.353 e. The summed E-state index contributed by atoms with van der Waals surface area (Å²) in [7, 11) is 0. The molecule has 0 atom stereocenters. The smallest absolute Gasteiger partial charge is 0.230 e. The van der Waals surface area contributed by atoms with Crippen LogP contribution in [0.2, 0.25) is 0 Å². The molecule has 0 aliphatic rings. The van der Waals surface area contributed by atoms with E-state index in [4.69, 9.17) is 4.98 Å². The molecule has 0 bridgehead atoms. The van der Waals surface area contributed by atoms with Gasteiger partial charge in [-0.25, -0.2) is 4.98 Å². The zero-order valence-corrected chi connectivity index (χ0v) is 16.9. The number of carbonyl (C=O) groups excluding carboxylic acids is 1. The summed E-state index contributed by atoms with van der Waals surface area (Å²) in [5.74, 6) is 0.271. The highest BCUT2D eigenvalue weighted by atomic mass is 32.2. The number of carbonyl (C=O) groups is 1. The third-order valence-corrected chi connectivity index (χ3v) is 5.28. The molecule has 0 unspecified atom stereocenters. The van der Waals surface area contributed by atoms with Gasteiger partial charge in [-0.15, -0.1) is 10.2 Å². The molecule has 1 heterocycles. The number of rotatable bonds is 8. The first-order valence-electron chi connectivity index (χ1n) is 9.49. The molecule has 3 rings (SSSR count). The zero-order valence-electron chi connectivity index (χ0n) is 16.1. The second-order valence-corrected chi connectivity index (χ2v) is 7.34. The van der Waals surface area contributed by atoms with Gasteiger partial charge in [0.1, 0.15) is 11.4 Å². The first kappa shape index (κ1) is 20.0. The molecule has 2 aromatic carbocycles. The van der Waals surface area contributed by atoms with Crippen molar-refractivity contribution in [1.82, 2.24) is 20.5 Å². The largest absolute Gasteiger partial charge is 0.353 e. The maximum atomic E-state index is 12.2. The molecule has 0 aliphatic carbocycles. The number of nitrogens with one attached hydrogen (secondary N) is 1. The summed E-state index contributed by atoms with van der Waals surface area (Å²) in [6.45, 7) is 4.14. The van der Waals surface area contributed by atoms with E-state index in [2.05, 4.69) is 29.4 Å². The maximum absolute atomic E-state index is 12.2. The lowest BCUT2D eigenvalue weighted by atomic mass is 10.0. The van der Waals surface area contributed by atoms with Gasteiger partial charge >= 0.3 is 0 Å². The van der Waals surface area contributed by atoms with Crippen molar-refractivity contribution in [2.75, 3.05) is 5.75 Å². The van der Waals surface area contributed by atoms with Gasteiger partial charge < -0.3 is 5.32 Å². The van der Waals surface area contributed by atoms with Crippen LogP contribution in [0.1, 0.15) is 26.7 Å². The quantitative estimate of drug-likeness (QED) is 0.567. The number of hydrogen-bond acceptors (Lipinski definition) is 5. The fraction of sp³-hybridized carbons (Fsp3) is 0.273. The predicted octanol–water partition coefficient (Wildman–Crippen LogP) is 4.60. The normalized spacial score (nSPS) is 10.8. The fourth-order valence-corrected chi connectivity index (χ4v) is 3.45. The summed E-state index contributed by atoms with van der Waals surface area (Å²) in [5, 5.41) is 12.2. The molecule has 144 valence electrons. The molecule has 28 heavy (non-hydrogen) atoms. The van der Waals surface area contributed by atoms with Crippen molar-refractivity contribution < 1.29 is 4.79 Å². The van der Waals surface area contributed by atoms with Crippen LogP contribution in [0.3, 0.4) is 0 Å². The van der Waals surface area contributed by atoms with E-state index in [1.807, 2.05) is 60.7 Å². The highest BCUT2D eigenvalue weighted by molar-refractivity contribution is 7.99. The Kier molecular flexibility index (Phi) is 7.14. The molecule has 0 aliphatic heterocycles. The van der Waals surface area contributed by atoms with Crippen LogP contribution in [0.5, 0.6) is 0 Å². The van der Waals surface area contributed by atoms with Crippen molar-refractivity contribution in [2.45, 2.75) is 37.9 Å². The molecular formula is C22H24N4OS. The van der Waals surface area contributed by atoms with Crippen LogP contribution in [-0.2, 0) is 4.79 Å². The lowest BCUT2D eigenvalue weighted by Gasteiger charge is -2.14. The minimum atomic E-state index is -0.00398. The van der Waals surface area contributed by atoms with Crippen molar-refractivity contribution in [3.8, 4) is 22.5 Å². The number of amides is 1. The zero-order chi connectivity index (χ0) is 19.8. The van der Waals surface area contributed by atoms with Crippen LogP contribution in [0.4, 0.5) is 0 Å². The van der Waals surface area contributed by atoms with E-state index in [9.17, 15) is 4.79 Å². The first-order valence-corrected chi connectivity index (χ1v) is 10.5. The second-order valence-electron chi connectivity index (χ2n) is 6.39. The highest BCUT2D eigenvalue weighted by Crippen LogP contribution is 2.29. The number of hydrogen-bond donors (Lipinski definition) is 1. The molecule has 1 amide bonds. The summed E-state index contributed by atoms with van der Waals surface area (Å²) in [6, 6.07) is 20.0. The van der Waals surface area contributed by atoms with E-state index in [1.54, 1.807) is 0 Å². The van der Waals surface area contributed by atoms with Gasteiger partial charge in [0, 0.05) is 17.2 Å². The summed E-state index contributed by atoms with van der Waals surface area (Å²) < 4.78 is 0. The average molecular weight is 393 g/mol. The van der Waals surface area contributed by atoms with Gasteiger partial charge in [-0.05, 0) is 12.8 Å². The Bertz CT molecular complexity index is 899. The van der Waals surface area contributed by atoms with Gasteiger partial charge in [-0.3, -0.25) is 4.79 Å². The topological polar surface area (TPSA) is 67.8 Å². The first-order chi connectivity index (χ1) is 13.7. The van der Waals surface area contributed by atoms with E-state index in [0.29, 0.717) is 5.16 Å². The van der Waals surface area contributed by atoms with Crippen molar-refractivity contribution in [1.29, 1.82) is 0 Å². The van der Waals surface area contributed by atoms with Gasteiger partial charge in [-0.2, -0.15) is 0 Å². The minimum absolute atomic E-state index is 0.00398. The highest BCUT2D eigenvalue weighted by Gasteiger charge is 2.15. The summed E-state index contributed by atoms with van der Waals surface area (Å²) in [6.07, 6.45) is 1.85. The summed E-state index contributed by atoms with van der Waals surface area (Å²) in [4.78, 5) is 16.9. The monoisotopic (exact) mass is 392 g/mol. The molecule has 0 saturated heterocycles. The lowest BCUT2D eigenvalue weighted by molar-refractivity contribution is -0.119. The molecule has 3 aromatic rings. The third-order valence-electron chi connectivity index (χ3n) is 4.44.